The van der Waals surface area contributed by atoms with Crippen LogP contribution in [0.15, 0.2) is 0 Å². The molecule has 0 bridgehead atoms. The highest BCUT2D eigenvalue weighted by Crippen LogP contribution is 2.39. The van der Waals surface area contributed by atoms with Gasteiger partial charge in [0.15, 0.2) is 0 Å². The first kappa shape index (κ1) is 18.9. The van der Waals surface area contributed by atoms with Crippen LogP contribution >= 0.6 is 0 Å². The largest absolute Gasteiger partial charge is 0.326 e. The molecule has 21 heavy (non-hydrogen) atoms. The predicted octanol–water partition coefficient (Wildman–Crippen LogP) is 3.05. The predicted molar refractivity (Wildman–Crippen MR) is 93.5 cm³/mol. The van der Waals surface area contributed by atoms with Gasteiger partial charge in [-0.3, -0.25) is 4.90 Å². The van der Waals surface area contributed by atoms with Crippen LogP contribution in [0.4, 0.5) is 0 Å². The van der Waals surface area contributed by atoms with E-state index in [2.05, 4.69) is 58.5 Å². The number of nitrogens with two attached hydrogens (primary N) is 1. The molecule has 0 heterocycles. The molecular formula is C18H39N3. The number of rotatable bonds is 6. The van der Waals surface area contributed by atoms with Gasteiger partial charge in [0.1, 0.15) is 0 Å². The van der Waals surface area contributed by atoms with E-state index in [-0.39, 0.29) is 0 Å². The Labute approximate surface area is 133 Å². The van der Waals surface area contributed by atoms with Crippen molar-refractivity contribution in [2.24, 2.45) is 23.0 Å². The number of hydrogen-bond donors (Lipinski definition) is 1. The maximum absolute atomic E-state index is 6.51. The lowest BCUT2D eigenvalue weighted by Crippen LogP contribution is -2.54. The molecule has 1 saturated carbocycles. The summed E-state index contributed by atoms with van der Waals surface area (Å²) in [6.45, 7) is 15.2. The van der Waals surface area contributed by atoms with Gasteiger partial charge in [0.25, 0.3) is 0 Å². The topological polar surface area (TPSA) is 32.5 Å². The quantitative estimate of drug-likeness (QED) is 0.818. The summed E-state index contributed by atoms with van der Waals surface area (Å²) in [4.78, 5) is 4.95. The molecule has 3 nitrogen and oxygen atoms in total. The highest BCUT2D eigenvalue weighted by molar-refractivity contribution is 4.93. The molecule has 0 aliphatic heterocycles. The first-order valence-corrected chi connectivity index (χ1v) is 8.75. The minimum atomic E-state index is 0.351. The smallest absolute Gasteiger partial charge is 0.0250 e. The molecule has 3 atom stereocenters. The van der Waals surface area contributed by atoms with Crippen LogP contribution in [0, 0.1) is 17.3 Å². The third-order valence-corrected chi connectivity index (χ3v) is 5.00. The van der Waals surface area contributed by atoms with Crippen LogP contribution in [0.1, 0.15) is 53.9 Å². The van der Waals surface area contributed by atoms with E-state index in [1.807, 2.05) is 0 Å². The van der Waals surface area contributed by atoms with E-state index in [1.54, 1.807) is 0 Å². The minimum absolute atomic E-state index is 0.351. The van der Waals surface area contributed by atoms with E-state index in [9.17, 15) is 0 Å². The molecule has 3 unspecified atom stereocenters. The van der Waals surface area contributed by atoms with Crippen molar-refractivity contribution in [3.63, 3.8) is 0 Å². The van der Waals surface area contributed by atoms with E-state index < -0.39 is 0 Å². The Morgan fingerprint density at radius 1 is 1.10 bits per heavy atom. The minimum Gasteiger partial charge on any atom is -0.326 e. The first-order chi connectivity index (χ1) is 9.61. The monoisotopic (exact) mass is 297 g/mol. The third kappa shape index (κ3) is 6.25. The molecule has 1 aliphatic rings. The molecule has 1 rings (SSSR count). The van der Waals surface area contributed by atoms with Crippen molar-refractivity contribution in [3.8, 4) is 0 Å². The van der Waals surface area contributed by atoms with Gasteiger partial charge in [0, 0.05) is 31.7 Å². The zero-order chi connectivity index (χ0) is 16.2. The van der Waals surface area contributed by atoms with Gasteiger partial charge in [0.2, 0.25) is 0 Å². The SMILES string of the molecule is CC(C)CN(CCN(C)C)C1CC(C(C)(C)C)CCC1N. The summed E-state index contributed by atoms with van der Waals surface area (Å²) in [6.07, 6.45) is 3.75. The Kier molecular flexibility index (Phi) is 7.15. The Hall–Kier alpha value is -0.120. The van der Waals surface area contributed by atoms with Crippen molar-refractivity contribution in [1.82, 2.24) is 9.80 Å². The fourth-order valence-corrected chi connectivity index (χ4v) is 3.57. The van der Waals surface area contributed by atoms with Crippen molar-refractivity contribution in [3.05, 3.63) is 0 Å². The molecule has 126 valence electrons. The van der Waals surface area contributed by atoms with Crippen LogP contribution in [0.25, 0.3) is 0 Å². The molecule has 1 fully saturated rings. The average Bonchev–Trinajstić information content (AvgIpc) is 2.33. The summed E-state index contributed by atoms with van der Waals surface area (Å²) in [5.74, 6) is 1.51. The van der Waals surface area contributed by atoms with Crippen LogP contribution < -0.4 is 5.73 Å². The number of likely N-dealkylation sites (N-methyl/N-ethyl adjacent to an activating group) is 1. The lowest BCUT2D eigenvalue weighted by atomic mass is 9.69. The van der Waals surface area contributed by atoms with E-state index >= 15 is 0 Å². The summed E-state index contributed by atoms with van der Waals surface area (Å²) < 4.78 is 0. The number of hydrogen-bond acceptors (Lipinski definition) is 3. The molecule has 0 aromatic carbocycles. The van der Waals surface area contributed by atoms with Crippen molar-refractivity contribution in [1.29, 1.82) is 0 Å². The molecule has 2 N–H and O–H groups in total. The first-order valence-electron chi connectivity index (χ1n) is 8.75. The van der Waals surface area contributed by atoms with Crippen LogP contribution in [-0.2, 0) is 0 Å². The highest BCUT2D eigenvalue weighted by Gasteiger charge is 2.37. The molecule has 0 aromatic rings. The Balaban J connectivity index is 2.76. The molecule has 0 aromatic heterocycles. The van der Waals surface area contributed by atoms with E-state index in [0.717, 1.165) is 19.0 Å². The molecule has 3 heteroatoms. The van der Waals surface area contributed by atoms with Gasteiger partial charge < -0.3 is 10.6 Å². The second kappa shape index (κ2) is 7.94. The second-order valence-electron chi connectivity index (χ2n) is 8.80. The second-order valence-corrected chi connectivity index (χ2v) is 8.80. The zero-order valence-corrected chi connectivity index (χ0v) is 15.5. The standard InChI is InChI=1S/C18H39N3/c1-14(2)13-21(11-10-20(6)7)17-12-15(18(3,4)5)8-9-16(17)19/h14-17H,8-13,19H2,1-7H3. The lowest BCUT2D eigenvalue weighted by Gasteiger charge is -2.46. The average molecular weight is 298 g/mol. The molecule has 1 aliphatic carbocycles. The molecule has 0 radical (unpaired) electrons. The summed E-state index contributed by atoms with van der Waals surface area (Å²) >= 11 is 0. The van der Waals surface area contributed by atoms with Gasteiger partial charge in [0.05, 0.1) is 0 Å². The van der Waals surface area contributed by atoms with E-state index in [1.165, 1.54) is 25.8 Å². The van der Waals surface area contributed by atoms with Gasteiger partial charge in [-0.25, -0.2) is 0 Å². The lowest BCUT2D eigenvalue weighted by molar-refractivity contribution is 0.0584. The normalized spacial score (nSPS) is 27.9. The van der Waals surface area contributed by atoms with E-state index in [0.29, 0.717) is 23.4 Å². The van der Waals surface area contributed by atoms with Gasteiger partial charge >= 0.3 is 0 Å². The summed E-state index contributed by atoms with van der Waals surface area (Å²) in [6, 6.07) is 0.912. The van der Waals surface area contributed by atoms with Crippen LogP contribution in [0.5, 0.6) is 0 Å². The summed E-state index contributed by atoms with van der Waals surface area (Å²) in [5, 5.41) is 0. The summed E-state index contributed by atoms with van der Waals surface area (Å²) in [5.41, 5.74) is 6.92. The van der Waals surface area contributed by atoms with Gasteiger partial charge in [-0.1, -0.05) is 34.6 Å². The maximum atomic E-state index is 6.51. The van der Waals surface area contributed by atoms with Crippen LogP contribution in [-0.4, -0.2) is 55.6 Å². The van der Waals surface area contributed by atoms with Gasteiger partial charge in [-0.2, -0.15) is 0 Å². The van der Waals surface area contributed by atoms with Gasteiger partial charge in [-0.15, -0.1) is 0 Å². The van der Waals surface area contributed by atoms with Crippen LogP contribution in [0.2, 0.25) is 0 Å². The number of nitrogens with zero attached hydrogens (tertiary/aromatic N) is 2. The summed E-state index contributed by atoms with van der Waals surface area (Å²) in [7, 11) is 4.32. The fraction of sp³-hybridized carbons (Fsp3) is 1.00. The van der Waals surface area contributed by atoms with Crippen molar-refractivity contribution in [2.45, 2.75) is 66.0 Å². The van der Waals surface area contributed by atoms with E-state index in [4.69, 9.17) is 5.73 Å². The maximum Gasteiger partial charge on any atom is 0.0250 e. The van der Waals surface area contributed by atoms with Crippen molar-refractivity contribution >= 4 is 0 Å². The van der Waals surface area contributed by atoms with Crippen molar-refractivity contribution < 1.29 is 0 Å². The Morgan fingerprint density at radius 3 is 2.19 bits per heavy atom. The fourth-order valence-electron chi connectivity index (χ4n) is 3.57. The van der Waals surface area contributed by atoms with Crippen molar-refractivity contribution in [2.75, 3.05) is 33.7 Å². The molecule has 0 saturated heterocycles. The van der Waals surface area contributed by atoms with Gasteiger partial charge in [-0.05, 0) is 50.6 Å². The van der Waals surface area contributed by atoms with Crippen LogP contribution in [0.3, 0.4) is 0 Å². The molecule has 0 amide bonds. The Morgan fingerprint density at radius 2 is 1.71 bits per heavy atom. The third-order valence-electron chi connectivity index (χ3n) is 5.00. The molecular weight excluding hydrogens is 258 g/mol. The zero-order valence-electron chi connectivity index (χ0n) is 15.5. The Bertz CT molecular complexity index is 293. The molecule has 0 spiro atoms. The highest BCUT2D eigenvalue weighted by atomic mass is 15.2.